The standard InChI is InChI=1S/C17H20N2O3S2/c1-2-10-19-14-11-24(21,22)12-15(14)23-17(19)18-16(20)9-8-13-6-4-3-5-7-13/h2-7,14-15H,1,8-12H2. The van der Waals surface area contributed by atoms with Crippen LogP contribution in [0.4, 0.5) is 0 Å². The molecule has 2 aliphatic heterocycles. The number of carbonyl (C=O) groups excluding carboxylic acids is 1. The highest BCUT2D eigenvalue weighted by Gasteiger charge is 2.48. The van der Waals surface area contributed by atoms with Gasteiger partial charge in [0.2, 0.25) is 5.91 Å². The van der Waals surface area contributed by atoms with Gasteiger partial charge in [0, 0.05) is 18.2 Å². The van der Waals surface area contributed by atoms with E-state index in [0.29, 0.717) is 24.6 Å². The number of benzene rings is 1. The van der Waals surface area contributed by atoms with Crippen molar-refractivity contribution >= 4 is 32.7 Å². The van der Waals surface area contributed by atoms with Crippen molar-refractivity contribution in [1.29, 1.82) is 0 Å². The van der Waals surface area contributed by atoms with Gasteiger partial charge in [0.05, 0.1) is 17.5 Å². The van der Waals surface area contributed by atoms with Crippen LogP contribution in [0, 0.1) is 0 Å². The second-order valence-electron chi connectivity index (χ2n) is 6.02. The SMILES string of the molecule is C=CCN1C(=NC(=O)CCc2ccccc2)SC2CS(=O)(=O)CC21. The Bertz CT molecular complexity index is 759. The lowest BCUT2D eigenvalue weighted by Gasteiger charge is -2.22. The van der Waals surface area contributed by atoms with Crippen LogP contribution in [-0.4, -0.2) is 53.7 Å². The summed E-state index contributed by atoms with van der Waals surface area (Å²) in [4.78, 5) is 18.4. The fourth-order valence-corrected chi connectivity index (χ4v) is 7.02. The molecule has 0 radical (unpaired) electrons. The lowest BCUT2D eigenvalue weighted by molar-refractivity contribution is -0.117. The maximum Gasteiger partial charge on any atom is 0.248 e. The molecule has 3 rings (SSSR count). The fraction of sp³-hybridized carbons (Fsp3) is 0.412. The molecule has 7 heteroatoms. The molecule has 2 atom stereocenters. The van der Waals surface area contributed by atoms with Crippen molar-refractivity contribution < 1.29 is 13.2 Å². The van der Waals surface area contributed by atoms with E-state index in [1.807, 2.05) is 35.2 Å². The molecule has 0 saturated carbocycles. The molecular weight excluding hydrogens is 344 g/mol. The highest BCUT2D eigenvalue weighted by Crippen LogP contribution is 2.38. The molecule has 2 unspecified atom stereocenters. The average Bonchev–Trinajstić information content (AvgIpc) is 2.99. The first-order valence-electron chi connectivity index (χ1n) is 7.88. The summed E-state index contributed by atoms with van der Waals surface area (Å²) >= 11 is 1.41. The van der Waals surface area contributed by atoms with Gasteiger partial charge in [-0.2, -0.15) is 4.99 Å². The van der Waals surface area contributed by atoms with Crippen LogP contribution in [-0.2, 0) is 21.1 Å². The van der Waals surface area contributed by atoms with Crippen molar-refractivity contribution in [2.75, 3.05) is 18.1 Å². The Morgan fingerprint density at radius 1 is 1.33 bits per heavy atom. The molecular formula is C17H20N2O3S2. The minimum Gasteiger partial charge on any atom is -0.342 e. The van der Waals surface area contributed by atoms with Crippen LogP contribution in [0.25, 0.3) is 0 Å². The zero-order valence-electron chi connectivity index (χ0n) is 13.3. The average molecular weight is 364 g/mol. The van der Waals surface area contributed by atoms with E-state index in [4.69, 9.17) is 0 Å². The maximum absolute atomic E-state index is 12.2. The summed E-state index contributed by atoms with van der Waals surface area (Å²) in [6.45, 7) is 4.23. The molecule has 2 aliphatic rings. The van der Waals surface area contributed by atoms with Crippen molar-refractivity contribution in [1.82, 2.24) is 4.90 Å². The van der Waals surface area contributed by atoms with Gasteiger partial charge >= 0.3 is 0 Å². The molecule has 2 heterocycles. The third-order valence-electron chi connectivity index (χ3n) is 4.19. The monoisotopic (exact) mass is 364 g/mol. The smallest absolute Gasteiger partial charge is 0.248 e. The molecule has 128 valence electrons. The Morgan fingerprint density at radius 2 is 2.08 bits per heavy atom. The number of fused-ring (bicyclic) bond motifs is 1. The van der Waals surface area contributed by atoms with E-state index in [1.165, 1.54) is 11.8 Å². The van der Waals surface area contributed by atoms with E-state index in [2.05, 4.69) is 11.6 Å². The Kier molecular flexibility index (Phi) is 5.10. The van der Waals surface area contributed by atoms with Crippen LogP contribution < -0.4 is 0 Å². The minimum absolute atomic E-state index is 0.0318. The maximum atomic E-state index is 12.2. The third kappa shape index (κ3) is 3.89. The highest BCUT2D eigenvalue weighted by atomic mass is 32.2. The third-order valence-corrected chi connectivity index (χ3v) is 7.44. The van der Waals surface area contributed by atoms with Gasteiger partial charge in [-0.1, -0.05) is 48.2 Å². The van der Waals surface area contributed by atoms with Gasteiger partial charge in [-0.05, 0) is 12.0 Å². The Hall–Kier alpha value is -1.60. The summed E-state index contributed by atoms with van der Waals surface area (Å²) in [6, 6.07) is 9.73. The Labute approximate surface area is 146 Å². The number of rotatable bonds is 5. The number of amides is 1. The number of aryl methyl sites for hydroxylation is 1. The summed E-state index contributed by atoms with van der Waals surface area (Å²) in [5.41, 5.74) is 1.11. The van der Waals surface area contributed by atoms with Gasteiger partial charge < -0.3 is 4.90 Å². The normalized spacial score (nSPS) is 26.5. The van der Waals surface area contributed by atoms with Gasteiger partial charge in [0.1, 0.15) is 0 Å². The number of carbonyl (C=O) groups is 1. The lowest BCUT2D eigenvalue weighted by atomic mass is 10.1. The molecule has 1 amide bonds. The Morgan fingerprint density at radius 3 is 2.79 bits per heavy atom. The van der Waals surface area contributed by atoms with E-state index < -0.39 is 9.84 Å². The molecule has 1 aromatic carbocycles. The number of hydrogen-bond donors (Lipinski definition) is 0. The van der Waals surface area contributed by atoms with Gasteiger partial charge in [-0.25, -0.2) is 8.42 Å². The molecule has 24 heavy (non-hydrogen) atoms. The predicted octanol–water partition coefficient (Wildman–Crippen LogP) is 1.90. The van der Waals surface area contributed by atoms with Gasteiger partial charge in [-0.15, -0.1) is 6.58 Å². The number of amidine groups is 1. The molecule has 2 saturated heterocycles. The second-order valence-corrected chi connectivity index (χ2v) is 9.38. The summed E-state index contributed by atoms with van der Waals surface area (Å²) in [5.74, 6) is 0.126. The van der Waals surface area contributed by atoms with Crippen LogP contribution >= 0.6 is 11.8 Å². The topological polar surface area (TPSA) is 66.8 Å². The summed E-state index contributed by atoms with van der Waals surface area (Å²) in [7, 11) is -2.99. The van der Waals surface area contributed by atoms with Gasteiger partial charge in [0.25, 0.3) is 0 Å². The number of aliphatic imine (C=N–C) groups is 1. The molecule has 0 spiro atoms. The van der Waals surface area contributed by atoms with Crippen molar-refractivity contribution in [2.45, 2.75) is 24.1 Å². The van der Waals surface area contributed by atoms with Crippen molar-refractivity contribution in [3.63, 3.8) is 0 Å². The molecule has 5 nitrogen and oxygen atoms in total. The quantitative estimate of drug-likeness (QED) is 0.747. The molecule has 0 aromatic heterocycles. The van der Waals surface area contributed by atoms with Crippen molar-refractivity contribution in [3.8, 4) is 0 Å². The van der Waals surface area contributed by atoms with Crippen molar-refractivity contribution in [2.24, 2.45) is 4.99 Å². The molecule has 1 aromatic rings. The van der Waals surface area contributed by atoms with E-state index in [0.717, 1.165) is 5.56 Å². The van der Waals surface area contributed by atoms with E-state index >= 15 is 0 Å². The van der Waals surface area contributed by atoms with Crippen LogP contribution in [0.3, 0.4) is 0 Å². The highest BCUT2D eigenvalue weighted by molar-refractivity contribution is 8.15. The molecule has 0 bridgehead atoms. The number of sulfone groups is 1. The summed E-state index contributed by atoms with van der Waals surface area (Å²) in [6.07, 6.45) is 2.73. The first-order chi connectivity index (χ1) is 11.5. The number of hydrogen-bond acceptors (Lipinski definition) is 4. The Balaban J connectivity index is 1.67. The molecule has 0 aliphatic carbocycles. The molecule has 0 N–H and O–H groups in total. The first kappa shape index (κ1) is 17.2. The predicted molar refractivity (Wildman–Crippen MR) is 97.9 cm³/mol. The minimum atomic E-state index is -2.99. The van der Waals surface area contributed by atoms with Crippen LogP contribution in [0.1, 0.15) is 12.0 Å². The van der Waals surface area contributed by atoms with E-state index in [1.54, 1.807) is 6.08 Å². The van der Waals surface area contributed by atoms with Gasteiger partial charge in [0.15, 0.2) is 15.0 Å². The second kappa shape index (κ2) is 7.11. The van der Waals surface area contributed by atoms with Crippen LogP contribution in [0.2, 0.25) is 0 Å². The van der Waals surface area contributed by atoms with E-state index in [9.17, 15) is 13.2 Å². The van der Waals surface area contributed by atoms with Crippen LogP contribution in [0.5, 0.6) is 0 Å². The fourth-order valence-electron chi connectivity index (χ4n) is 3.05. The van der Waals surface area contributed by atoms with Gasteiger partial charge in [-0.3, -0.25) is 4.79 Å². The first-order valence-corrected chi connectivity index (χ1v) is 10.6. The molecule has 2 fully saturated rings. The lowest BCUT2D eigenvalue weighted by Crippen LogP contribution is -2.37. The number of nitrogens with zero attached hydrogens (tertiary/aromatic N) is 2. The van der Waals surface area contributed by atoms with E-state index in [-0.39, 0.29) is 28.7 Å². The van der Waals surface area contributed by atoms with Crippen LogP contribution in [0.15, 0.2) is 48.0 Å². The number of thioether (sulfide) groups is 1. The zero-order chi connectivity index (χ0) is 17.2. The summed E-state index contributed by atoms with van der Waals surface area (Å²) in [5, 5.41) is 0.605. The zero-order valence-corrected chi connectivity index (χ0v) is 14.9. The largest absolute Gasteiger partial charge is 0.342 e. The summed E-state index contributed by atoms with van der Waals surface area (Å²) < 4.78 is 23.6. The van der Waals surface area contributed by atoms with Crippen molar-refractivity contribution in [3.05, 3.63) is 48.6 Å².